The maximum Gasteiger partial charge on any atom is 0.268 e. The molecule has 0 aliphatic heterocycles. The Balaban J connectivity index is 2.02. The highest BCUT2D eigenvalue weighted by Crippen LogP contribution is 2.26. The topological polar surface area (TPSA) is 60.0 Å². The lowest BCUT2D eigenvalue weighted by molar-refractivity contribution is 0.0886. The van der Waals surface area contributed by atoms with Crippen LogP contribution < -0.4 is 11.1 Å². The van der Waals surface area contributed by atoms with Crippen LogP contribution in [0.3, 0.4) is 0 Å². The number of nitrogens with two attached hydrogens (primary N) is 1. The van der Waals surface area contributed by atoms with Gasteiger partial charge in [0, 0.05) is 18.8 Å². The van der Waals surface area contributed by atoms with Crippen LogP contribution in [0.2, 0.25) is 0 Å². The molecule has 1 fully saturated rings. The van der Waals surface area contributed by atoms with Crippen molar-refractivity contribution in [2.45, 2.75) is 45.7 Å². The van der Waals surface area contributed by atoms with E-state index in [4.69, 9.17) is 5.73 Å². The van der Waals surface area contributed by atoms with Gasteiger partial charge < -0.3 is 15.6 Å². The predicted molar refractivity (Wildman–Crippen MR) is 68.8 cm³/mol. The van der Waals surface area contributed by atoms with E-state index in [9.17, 15) is 4.79 Å². The molecule has 17 heavy (non-hydrogen) atoms. The van der Waals surface area contributed by atoms with Crippen LogP contribution in [0.15, 0.2) is 12.3 Å². The SMILES string of the molecule is CCCn1cc(N)cc1C(=O)NC1CC(C)C1. The second-order valence-electron chi connectivity index (χ2n) is 5.10. The molecule has 1 aliphatic carbocycles. The third-order valence-electron chi connectivity index (χ3n) is 3.32. The third kappa shape index (κ3) is 2.62. The molecule has 94 valence electrons. The first-order valence-electron chi connectivity index (χ1n) is 6.36. The van der Waals surface area contributed by atoms with Gasteiger partial charge >= 0.3 is 0 Å². The van der Waals surface area contributed by atoms with E-state index in [2.05, 4.69) is 19.2 Å². The Morgan fingerprint density at radius 3 is 2.88 bits per heavy atom. The summed E-state index contributed by atoms with van der Waals surface area (Å²) >= 11 is 0. The molecule has 1 saturated carbocycles. The summed E-state index contributed by atoms with van der Waals surface area (Å²) in [5, 5.41) is 3.06. The fourth-order valence-electron chi connectivity index (χ4n) is 2.43. The number of aromatic nitrogens is 1. The van der Waals surface area contributed by atoms with Crippen LogP contribution in [-0.2, 0) is 6.54 Å². The molecule has 0 spiro atoms. The first-order valence-corrected chi connectivity index (χ1v) is 6.36. The fraction of sp³-hybridized carbons (Fsp3) is 0.615. The average molecular weight is 235 g/mol. The maximum absolute atomic E-state index is 12.1. The van der Waals surface area contributed by atoms with Gasteiger partial charge in [-0.3, -0.25) is 4.79 Å². The largest absolute Gasteiger partial charge is 0.397 e. The molecule has 1 aromatic rings. The van der Waals surface area contributed by atoms with Crippen molar-refractivity contribution in [1.82, 2.24) is 9.88 Å². The third-order valence-corrected chi connectivity index (χ3v) is 3.32. The van der Waals surface area contributed by atoms with E-state index in [1.807, 2.05) is 10.8 Å². The maximum atomic E-state index is 12.1. The van der Waals surface area contributed by atoms with E-state index in [0.717, 1.165) is 31.7 Å². The van der Waals surface area contributed by atoms with Crippen LogP contribution in [0.4, 0.5) is 5.69 Å². The van der Waals surface area contributed by atoms with E-state index in [0.29, 0.717) is 17.4 Å². The summed E-state index contributed by atoms with van der Waals surface area (Å²) in [6, 6.07) is 2.11. The lowest BCUT2D eigenvalue weighted by Gasteiger charge is -2.33. The first kappa shape index (κ1) is 12.0. The van der Waals surface area contributed by atoms with Crippen LogP contribution in [0.5, 0.6) is 0 Å². The van der Waals surface area contributed by atoms with E-state index < -0.39 is 0 Å². The lowest BCUT2D eigenvalue weighted by Crippen LogP contribution is -2.43. The molecule has 0 saturated heterocycles. The zero-order valence-electron chi connectivity index (χ0n) is 10.6. The van der Waals surface area contributed by atoms with Crippen LogP contribution >= 0.6 is 0 Å². The molecule has 2 rings (SSSR count). The van der Waals surface area contributed by atoms with Gasteiger partial charge in [-0.15, -0.1) is 0 Å². The molecule has 0 bridgehead atoms. The molecule has 0 radical (unpaired) electrons. The van der Waals surface area contributed by atoms with Crippen molar-refractivity contribution in [2.75, 3.05) is 5.73 Å². The minimum atomic E-state index is 0.00653. The Bertz CT molecular complexity index is 405. The monoisotopic (exact) mass is 235 g/mol. The zero-order valence-corrected chi connectivity index (χ0v) is 10.6. The van der Waals surface area contributed by atoms with Crippen molar-refractivity contribution >= 4 is 11.6 Å². The Labute approximate surface area is 102 Å². The smallest absolute Gasteiger partial charge is 0.268 e. The zero-order chi connectivity index (χ0) is 12.4. The summed E-state index contributed by atoms with van der Waals surface area (Å²) in [5.74, 6) is 0.750. The summed E-state index contributed by atoms with van der Waals surface area (Å²) in [6.07, 6.45) is 5.02. The molecule has 4 nitrogen and oxygen atoms in total. The summed E-state index contributed by atoms with van der Waals surface area (Å²) in [6.45, 7) is 5.13. The molecule has 3 N–H and O–H groups in total. The summed E-state index contributed by atoms with van der Waals surface area (Å²) in [4.78, 5) is 12.1. The highest BCUT2D eigenvalue weighted by molar-refractivity contribution is 5.94. The van der Waals surface area contributed by atoms with Gasteiger partial charge in [-0.2, -0.15) is 0 Å². The molecule has 1 aromatic heterocycles. The van der Waals surface area contributed by atoms with E-state index in [1.54, 1.807) is 6.07 Å². The van der Waals surface area contributed by atoms with Crippen molar-refractivity contribution in [3.63, 3.8) is 0 Å². The normalized spacial score (nSPS) is 23.2. The molecule has 0 unspecified atom stereocenters. The van der Waals surface area contributed by atoms with E-state index in [-0.39, 0.29) is 5.91 Å². The minimum absolute atomic E-state index is 0.00653. The minimum Gasteiger partial charge on any atom is -0.397 e. The fourth-order valence-corrected chi connectivity index (χ4v) is 2.43. The van der Waals surface area contributed by atoms with E-state index in [1.165, 1.54) is 0 Å². The molecular formula is C13H21N3O. The van der Waals surface area contributed by atoms with Crippen LogP contribution in [0.1, 0.15) is 43.6 Å². The summed E-state index contributed by atoms with van der Waals surface area (Å²) in [7, 11) is 0. The van der Waals surface area contributed by atoms with E-state index >= 15 is 0 Å². The molecule has 1 amide bonds. The van der Waals surface area contributed by atoms with Gasteiger partial charge in [0.2, 0.25) is 0 Å². The summed E-state index contributed by atoms with van der Waals surface area (Å²) < 4.78 is 1.94. The van der Waals surface area contributed by atoms with Crippen molar-refractivity contribution in [2.24, 2.45) is 5.92 Å². The molecule has 1 aliphatic rings. The van der Waals surface area contributed by atoms with Gasteiger partial charge in [-0.05, 0) is 31.2 Å². The van der Waals surface area contributed by atoms with Crippen molar-refractivity contribution in [1.29, 1.82) is 0 Å². The van der Waals surface area contributed by atoms with Crippen LogP contribution in [0.25, 0.3) is 0 Å². The Hall–Kier alpha value is -1.45. The van der Waals surface area contributed by atoms with Crippen molar-refractivity contribution in [3.8, 4) is 0 Å². The van der Waals surface area contributed by atoms with Gasteiger partial charge in [-0.25, -0.2) is 0 Å². The molecule has 4 heteroatoms. The number of carbonyl (C=O) groups is 1. The number of rotatable bonds is 4. The summed E-state index contributed by atoms with van der Waals surface area (Å²) in [5.41, 5.74) is 7.09. The van der Waals surface area contributed by atoms with Crippen LogP contribution in [-0.4, -0.2) is 16.5 Å². The number of nitrogens with zero attached hydrogens (tertiary/aromatic N) is 1. The van der Waals surface area contributed by atoms with Crippen LogP contribution in [0, 0.1) is 5.92 Å². The standard InChI is InChI=1S/C13H21N3O/c1-3-4-16-8-10(14)7-12(16)13(17)15-11-5-9(2)6-11/h7-9,11H,3-6,14H2,1-2H3,(H,15,17). The number of anilines is 1. The highest BCUT2D eigenvalue weighted by Gasteiger charge is 2.27. The Kier molecular flexibility index (Phi) is 3.41. The Morgan fingerprint density at radius 1 is 1.59 bits per heavy atom. The number of nitrogen functional groups attached to an aromatic ring is 1. The van der Waals surface area contributed by atoms with Gasteiger partial charge in [0.05, 0.1) is 5.69 Å². The Morgan fingerprint density at radius 2 is 2.29 bits per heavy atom. The highest BCUT2D eigenvalue weighted by atomic mass is 16.2. The first-order chi connectivity index (χ1) is 8.10. The van der Waals surface area contributed by atoms with Gasteiger partial charge in [0.15, 0.2) is 0 Å². The number of aryl methyl sites for hydroxylation is 1. The van der Waals surface area contributed by atoms with Gasteiger partial charge in [0.25, 0.3) is 5.91 Å². The average Bonchev–Trinajstić information content (AvgIpc) is 2.58. The number of nitrogens with one attached hydrogen (secondary N) is 1. The molecule has 1 heterocycles. The molecule has 0 aromatic carbocycles. The number of amides is 1. The van der Waals surface area contributed by atoms with Gasteiger partial charge in [-0.1, -0.05) is 13.8 Å². The number of hydrogen-bond donors (Lipinski definition) is 2. The second-order valence-corrected chi connectivity index (χ2v) is 5.10. The lowest BCUT2D eigenvalue weighted by atomic mass is 9.82. The van der Waals surface area contributed by atoms with Crippen molar-refractivity contribution in [3.05, 3.63) is 18.0 Å². The molecule has 0 atom stereocenters. The number of hydrogen-bond acceptors (Lipinski definition) is 2. The molecular weight excluding hydrogens is 214 g/mol. The quantitative estimate of drug-likeness (QED) is 0.838. The predicted octanol–water partition coefficient (Wildman–Crippen LogP) is 2.01. The number of carbonyl (C=O) groups excluding carboxylic acids is 1. The van der Waals surface area contributed by atoms with Crippen molar-refractivity contribution < 1.29 is 4.79 Å². The second kappa shape index (κ2) is 4.82. The van der Waals surface area contributed by atoms with Gasteiger partial charge in [0.1, 0.15) is 5.69 Å².